The van der Waals surface area contributed by atoms with Crippen molar-refractivity contribution in [2.75, 3.05) is 18.5 Å². The lowest BCUT2D eigenvalue weighted by atomic mass is 10.1. The van der Waals surface area contributed by atoms with E-state index >= 15 is 0 Å². The van der Waals surface area contributed by atoms with E-state index in [4.69, 9.17) is 4.74 Å². The second-order valence-electron chi connectivity index (χ2n) is 4.68. The number of pyridine rings is 2. The van der Waals surface area contributed by atoms with Gasteiger partial charge in [-0.2, -0.15) is 0 Å². The first-order chi connectivity index (χ1) is 10.6. The molecule has 0 radical (unpaired) electrons. The highest BCUT2D eigenvalue weighted by molar-refractivity contribution is 9.10. The fourth-order valence-corrected chi connectivity index (χ4v) is 2.74. The van der Waals surface area contributed by atoms with Crippen LogP contribution in [0.25, 0.3) is 16.4 Å². The van der Waals surface area contributed by atoms with E-state index in [9.17, 15) is 4.79 Å². The average molecular weight is 363 g/mol. The maximum Gasteiger partial charge on any atom is 0.357 e. The number of rotatable bonds is 4. The lowest BCUT2D eigenvalue weighted by Gasteiger charge is -2.10. The lowest BCUT2D eigenvalue weighted by Crippen LogP contribution is -2.10. The number of halogens is 1. The molecule has 0 amide bonds. The van der Waals surface area contributed by atoms with Crippen LogP contribution in [-0.4, -0.2) is 33.5 Å². The number of carbonyl (C=O) groups is 1. The number of hydrogen-bond donors (Lipinski definition) is 1. The smallest absolute Gasteiger partial charge is 0.357 e. The molecule has 1 N–H and O–H groups in total. The molecular weight excluding hydrogens is 348 g/mol. The Balaban J connectivity index is 2.30. The van der Waals surface area contributed by atoms with E-state index in [1.165, 1.54) is 0 Å². The van der Waals surface area contributed by atoms with Crippen LogP contribution in [0.1, 0.15) is 24.3 Å². The maximum absolute atomic E-state index is 12.0. The van der Waals surface area contributed by atoms with E-state index in [0.29, 0.717) is 19.0 Å². The number of fused-ring (bicyclic) bond motifs is 3. The van der Waals surface area contributed by atoms with Gasteiger partial charge in [-0.25, -0.2) is 14.8 Å². The van der Waals surface area contributed by atoms with Gasteiger partial charge < -0.3 is 14.5 Å². The molecule has 0 fully saturated rings. The zero-order valence-electron chi connectivity index (χ0n) is 12.3. The summed E-state index contributed by atoms with van der Waals surface area (Å²) in [6.07, 6.45) is 3.79. The van der Waals surface area contributed by atoms with Gasteiger partial charge in [0.15, 0.2) is 5.69 Å². The number of imidazole rings is 1. The minimum Gasteiger partial charge on any atom is -0.461 e. The van der Waals surface area contributed by atoms with Gasteiger partial charge in [-0.05, 0) is 41.9 Å². The molecule has 0 atom stereocenters. The number of carbonyl (C=O) groups excluding carboxylic acids is 1. The quantitative estimate of drug-likeness (QED) is 0.721. The zero-order chi connectivity index (χ0) is 15.7. The van der Waals surface area contributed by atoms with Crippen LogP contribution in [0.15, 0.2) is 29.1 Å². The van der Waals surface area contributed by atoms with E-state index in [1.54, 1.807) is 13.0 Å². The van der Waals surface area contributed by atoms with Crippen molar-refractivity contribution in [1.82, 2.24) is 14.4 Å². The van der Waals surface area contributed by atoms with E-state index in [0.717, 1.165) is 21.0 Å². The van der Waals surface area contributed by atoms with Crippen LogP contribution in [0, 0.1) is 0 Å². The highest BCUT2D eigenvalue weighted by atomic mass is 79.9. The number of esters is 1. The van der Waals surface area contributed by atoms with Crippen molar-refractivity contribution in [2.45, 2.75) is 13.8 Å². The second kappa shape index (κ2) is 5.92. The Kier molecular flexibility index (Phi) is 3.98. The summed E-state index contributed by atoms with van der Waals surface area (Å²) in [5, 5.41) is 4.96. The first-order valence-corrected chi connectivity index (χ1v) is 7.82. The molecule has 0 aliphatic carbocycles. The molecule has 3 aromatic heterocycles. The van der Waals surface area contributed by atoms with Crippen molar-refractivity contribution in [1.29, 1.82) is 0 Å². The first kappa shape index (κ1) is 14.8. The fourth-order valence-electron chi connectivity index (χ4n) is 2.35. The maximum atomic E-state index is 12.0. The largest absolute Gasteiger partial charge is 0.461 e. The van der Waals surface area contributed by atoms with Crippen molar-refractivity contribution in [3.8, 4) is 0 Å². The predicted molar refractivity (Wildman–Crippen MR) is 88.3 cm³/mol. The topological polar surface area (TPSA) is 68.5 Å². The molecule has 3 heterocycles. The summed E-state index contributed by atoms with van der Waals surface area (Å²) >= 11 is 3.38. The number of ether oxygens (including phenoxy) is 1. The van der Waals surface area contributed by atoms with Gasteiger partial charge in [0.1, 0.15) is 16.1 Å². The van der Waals surface area contributed by atoms with Gasteiger partial charge >= 0.3 is 5.97 Å². The SMILES string of the molecule is CCNc1nc(C(=O)OCC)cc2c1ccn1cc(Br)nc21. The number of hydrogen-bond acceptors (Lipinski definition) is 5. The van der Waals surface area contributed by atoms with Crippen molar-refractivity contribution in [2.24, 2.45) is 0 Å². The molecule has 114 valence electrons. The highest BCUT2D eigenvalue weighted by Crippen LogP contribution is 2.27. The van der Waals surface area contributed by atoms with Crippen LogP contribution in [0.2, 0.25) is 0 Å². The average Bonchev–Trinajstić information content (AvgIpc) is 2.88. The summed E-state index contributed by atoms with van der Waals surface area (Å²) in [7, 11) is 0. The summed E-state index contributed by atoms with van der Waals surface area (Å²) in [4.78, 5) is 20.9. The van der Waals surface area contributed by atoms with Crippen LogP contribution < -0.4 is 5.32 Å². The van der Waals surface area contributed by atoms with Crippen LogP contribution in [-0.2, 0) is 4.74 Å². The van der Waals surface area contributed by atoms with Gasteiger partial charge in [0, 0.05) is 29.7 Å². The van der Waals surface area contributed by atoms with Crippen molar-refractivity contribution < 1.29 is 9.53 Å². The molecule has 0 aromatic carbocycles. The number of nitrogens with zero attached hydrogens (tertiary/aromatic N) is 3. The minimum atomic E-state index is -0.434. The summed E-state index contributed by atoms with van der Waals surface area (Å²) in [6.45, 7) is 4.77. The normalized spacial score (nSPS) is 11.0. The third-order valence-electron chi connectivity index (χ3n) is 3.23. The van der Waals surface area contributed by atoms with Crippen molar-refractivity contribution >= 4 is 44.1 Å². The Bertz CT molecular complexity index is 859. The molecular formula is C15H15BrN4O2. The summed E-state index contributed by atoms with van der Waals surface area (Å²) in [6, 6.07) is 3.68. The Morgan fingerprint density at radius 3 is 2.91 bits per heavy atom. The first-order valence-electron chi connectivity index (χ1n) is 7.03. The molecule has 0 unspecified atom stereocenters. The van der Waals surface area contributed by atoms with Crippen molar-refractivity contribution in [3.63, 3.8) is 0 Å². The Hall–Kier alpha value is -2.15. The van der Waals surface area contributed by atoms with Crippen LogP contribution in [0.3, 0.4) is 0 Å². The standard InChI is InChI=1S/C15H15BrN4O2/c1-3-17-13-9-5-6-20-8-12(16)19-14(20)10(9)7-11(18-13)15(21)22-4-2/h5-8H,3-4H2,1-2H3,(H,17,18). The van der Waals surface area contributed by atoms with E-state index in [2.05, 4.69) is 31.2 Å². The van der Waals surface area contributed by atoms with Gasteiger partial charge in [-0.3, -0.25) is 0 Å². The summed E-state index contributed by atoms with van der Waals surface area (Å²) in [5.41, 5.74) is 1.04. The number of aromatic nitrogens is 3. The van der Waals surface area contributed by atoms with Crippen molar-refractivity contribution in [3.05, 3.63) is 34.8 Å². The Morgan fingerprint density at radius 2 is 2.18 bits per heavy atom. The molecule has 0 spiro atoms. The third kappa shape index (κ3) is 2.52. The molecule has 22 heavy (non-hydrogen) atoms. The Labute approximate surface area is 135 Å². The van der Waals surface area contributed by atoms with E-state index in [-0.39, 0.29) is 5.69 Å². The molecule has 6 nitrogen and oxygen atoms in total. The van der Waals surface area contributed by atoms with E-state index < -0.39 is 5.97 Å². The third-order valence-corrected chi connectivity index (χ3v) is 3.62. The van der Waals surface area contributed by atoms with Gasteiger partial charge in [-0.1, -0.05) is 0 Å². The molecule has 3 aromatic rings. The predicted octanol–water partition coefficient (Wildman–Crippen LogP) is 3.25. The van der Waals surface area contributed by atoms with Gasteiger partial charge in [0.05, 0.1) is 6.61 Å². The summed E-state index contributed by atoms with van der Waals surface area (Å²) < 4.78 is 7.70. The molecule has 7 heteroatoms. The van der Waals surface area contributed by atoms with E-state index in [1.807, 2.05) is 29.8 Å². The minimum absolute atomic E-state index is 0.275. The fraction of sp³-hybridized carbons (Fsp3) is 0.267. The molecule has 3 rings (SSSR count). The number of nitrogens with one attached hydrogen (secondary N) is 1. The zero-order valence-corrected chi connectivity index (χ0v) is 13.8. The number of anilines is 1. The molecule has 0 saturated carbocycles. The molecule has 0 saturated heterocycles. The molecule has 0 bridgehead atoms. The van der Waals surface area contributed by atoms with Gasteiger partial charge in [-0.15, -0.1) is 0 Å². The molecule has 0 aliphatic heterocycles. The van der Waals surface area contributed by atoms with Crippen LogP contribution in [0.4, 0.5) is 5.82 Å². The van der Waals surface area contributed by atoms with Gasteiger partial charge in [0.25, 0.3) is 0 Å². The Morgan fingerprint density at radius 1 is 1.36 bits per heavy atom. The van der Waals surface area contributed by atoms with Gasteiger partial charge in [0.2, 0.25) is 0 Å². The summed E-state index contributed by atoms with van der Waals surface area (Å²) in [5.74, 6) is 0.223. The van der Waals surface area contributed by atoms with Crippen LogP contribution in [0.5, 0.6) is 0 Å². The second-order valence-corrected chi connectivity index (χ2v) is 5.49. The lowest BCUT2D eigenvalue weighted by molar-refractivity contribution is 0.0520. The molecule has 0 aliphatic rings. The van der Waals surface area contributed by atoms with Crippen LogP contribution >= 0.6 is 15.9 Å². The monoisotopic (exact) mass is 362 g/mol. The highest BCUT2D eigenvalue weighted by Gasteiger charge is 2.15.